The minimum Gasteiger partial charge on any atom is -0.496 e. The van der Waals surface area contributed by atoms with Crippen LogP contribution in [0.15, 0.2) is 54.1 Å². The third-order valence-electron chi connectivity index (χ3n) is 3.94. The van der Waals surface area contributed by atoms with Crippen LogP contribution in [0.5, 0.6) is 5.75 Å². The molecule has 0 unspecified atom stereocenters. The molecule has 6 heteroatoms. The lowest BCUT2D eigenvalue weighted by Gasteiger charge is -2.15. The number of methoxy groups -OCH3 is 1. The van der Waals surface area contributed by atoms with Gasteiger partial charge in [0.25, 0.3) is 11.8 Å². The molecule has 0 atom stereocenters. The smallest absolute Gasteiger partial charge is 0.282 e. The summed E-state index contributed by atoms with van der Waals surface area (Å²) in [6.07, 6.45) is 1.55. The van der Waals surface area contributed by atoms with Crippen molar-refractivity contribution in [2.75, 3.05) is 31.1 Å². The third-order valence-corrected chi connectivity index (χ3v) is 3.94. The number of carbonyl (C=O) groups is 2. The number of carbonyl (C=O) groups excluding carboxylic acids is 2. The molecule has 6 nitrogen and oxygen atoms in total. The van der Waals surface area contributed by atoms with Crippen molar-refractivity contribution in [2.45, 2.75) is 0 Å². The number of para-hydroxylation sites is 1. The average molecular weight is 337 g/mol. The monoisotopic (exact) mass is 337 g/mol. The van der Waals surface area contributed by atoms with Crippen molar-refractivity contribution in [3.63, 3.8) is 0 Å². The summed E-state index contributed by atoms with van der Waals surface area (Å²) >= 11 is 0. The second kappa shape index (κ2) is 6.68. The van der Waals surface area contributed by atoms with Crippen molar-refractivity contribution < 1.29 is 14.3 Å². The standard InChI is InChI=1S/C19H19N3O3/c1-21(2)15-10-9-13(17(12-15)25-3)11-16-18(23)20-22(19(16)24)14-7-5-4-6-8-14/h4-12H,1-3H3,(H,20,23). The predicted octanol–water partition coefficient (Wildman–Crippen LogP) is 2.22. The molecule has 0 aliphatic carbocycles. The highest BCUT2D eigenvalue weighted by molar-refractivity contribution is 6.31. The number of hydrogen-bond donors (Lipinski definition) is 1. The zero-order valence-corrected chi connectivity index (χ0v) is 14.3. The molecular formula is C19H19N3O3. The molecule has 128 valence electrons. The maximum atomic E-state index is 12.6. The van der Waals surface area contributed by atoms with E-state index in [1.807, 2.05) is 43.3 Å². The van der Waals surface area contributed by atoms with E-state index < -0.39 is 11.8 Å². The third kappa shape index (κ3) is 3.19. The molecule has 0 spiro atoms. The lowest BCUT2D eigenvalue weighted by Crippen LogP contribution is -2.35. The van der Waals surface area contributed by atoms with E-state index in [4.69, 9.17) is 4.74 Å². The van der Waals surface area contributed by atoms with Crippen molar-refractivity contribution in [2.24, 2.45) is 0 Å². The summed E-state index contributed by atoms with van der Waals surface area (Å²) in [7, 11) is 5.42. The number of amides is 2. The Morgan fingerprint density at radius 2 is 1.80 bits per heavy atom. The van der Waals surface area contributed by atoms with Gasteiger partial charge in [0.15, 0.2) is 0 Å². The van der Waals surface area contributed by atoms with Gasteiger partial charge in [-0.3, -0.25) is 15.0 Å². The van der Waals surface area contributed by atoms with Crippen LogP contribution in [0.4, 0.5) is 11.4 Å². The molecule has 3 rings (SSSR count). The van der Waals surface area contributed by atoms with Crippen LogP contribution in [0.1, 0.15) is 5.56 Å². The number of hydrazine groups is 1. The Balaban J connectivity index is 1.96. The van der Waals surface area contributed by atoms with Crippen LogP contribution < -0.4 is 20.1 Å². The van der Waals surface area contributed by atoms with E-state index in [0.717, 1.165) is 5.69 Å². The molecule has 2 aromatic rings. The predicted molar refractivity (Wildman–Crippen MR) is 97.4 cm³/mol. The lowest BCUT2D eigenvalue weighted by molar-refractivity contribution is -0.117. The summed E-state index contributed by atoms with van der Waals surface area (Å²) < 4.78 is 5.40. The van der Waals surface area contributed by atoms with E-state index >= 15 is 0 Å². The van der Waals surface area contributed by atoms with Gasteiger partial charge in [-0.05, 0) is 30.3 Å². The first-order valence-electron chi connectivity index (χ1n) is 7.79. The fourth-order valence-corrected chi connectivity index (χ4v) is 2.57. The Bertz CT molecular complexity index is 844. The van der Waals surface area contributed by atoms with Crippen LogP contribution >= 0.6 is 0 Å². The SMILES string of the molecule is COc1cc(N(C)C)ccc1C=C1C(=O)NN(c2ccccc2)C1=O. The normalized spacial score (nSPS) is 15.5. The Labute approximate surface area is 146 Å². The van der Waals surface area contributed by atoms with Gasteiger partial charge >= 0.3 is 0 Å². The van der Waals surface area contributed by atoms with Gasteiger partial charge in [-0.25, -0.2) is 5.01 Å². The Morgan fingerprint density at radius 3 is 2.44 bits per heavy atom. The number of hydrogen-bond acceptors (Lipinski definition) is 4. The first kappa shape index (κ1) is 16.6. The molecule has 1 fully saturated rings. The van der Waals surface area contributed by atoms with Gasteiger partial charge in [-0.15, -0.1) is 0 Å². The van der Waals surface area contributed by atoms with Crippen molar-refractivity contribution in [1.82, 2.24) is 5.43 Å². The highest BCUT2D eigenvalue weighted by atomic mass is 16.5. The molecule has 1 aliphatic heterocycles. The van der Waals surface area contributed by atoms with Gasteiger partial charge in [0.05, 0.1) is 12.8 Å². The van der Waals surface area contributed by atoms with Crippen LogP contribution in [0, 0.1) is 0 Å². The maximum absolute atomic E-state index is 12.6. The molecule has 25 heavy (non-hydrogen) atoms. The molecule has 1 heterocycles. The van der Waals surface area contributed by atoms with Crippen LogP contribution in [-0.4, -0.2) is 33.0 Å². The first-order chi connectivity index (χ1) is 12.0. The largest absolute Gasteiger partial charge is 0.496 e. The minimum absolute atomic E-state index is 0.0692. The molecule has 1 saturated heterocycles. The highest BCUT2D eigenvalue weighted by Gasteiger charge is 2.34. The van der Waals surface area contributed by atoms with Crippen molar-refractivity contribution >= 4 is 29.3 Å². The van der Waals surface area contributed by atoms with E-state index in [9.17, 15) is 9.59 Å². The fourth-order valence-electron chi connectivity index (χ4n) is 2.57. The number of benzene rings is 2. The van der Waals surface area contributed by atoms with Crippen molar-refractivity contribution in [1.29, 1.82) is 0 Å². The summed E-state index contributed by atoms with van der Waals surface area (Å²) in [5.74, 6) is -0.236. The van der Waals surface area contributed by atoms with E-state index in [1.165, 1.54) is 5.01 Å². The molecular weight excluding hydrogens is 318 g/mol. The molecule has 0 saturated carbocycles. The molecule has 2 aromatic carbocycles. The van der Waals surface area contributed by atoms with Crippen molar-refractivity contribution in [3.05, 3.63) is 59.7 Å². The average Bonchev–Trinajstić information content (AvgIpc) is 2.90. The second-order valence-corrected chi connectivity index (χ2v) is 5.80. The van der Waals surface area contributed by atoms with E-state index in [0.29, 0.717) is 17.0 Å². The summed E-state index contributed by atoms with van der Waals surface area (Å²) in [4.78, 5) is 26.8. The zero-order valence-electron chi connectivity index (χ0n) is 14.3. The molecule has 0 radical (unpaired) electrons. The maximum Gasteiger partial charge on any atom is 0.282 e. The Hall–Kier alpha value is -3.28. The van der Waals surface area contributed by atoms with Crippen LogP contribution in [0.2, 0.25) is 0 Å². The number of ether oxygens (including phenoxy) is 1. The first-order valence-corrected chi connectivity index (χ1v) is 7.79. The van der Waals surface area contributed by atoms with Gasteiger partial charge in [-0.2, -0.15) is 0 Å². The zero-order chi connectivity index (χ0) is 18.0. The fraction of sp³-hybridized carbons (Fsp3) is 0.158. The van der Waals surface area contributed by atoms with Crippen molar-refractivity contribution in [3.8, 4) is 5.75 Å². The summed E-state index contributed by atoms with van der Waals surface area (Å²) in [6, 6.07) is 14.6. The lowest BCUT2D eigenvalue weighted by atomic mass is 10.1. The van der Waals surface area contributed by atoms with Gasteiger partial charge in [0.2, 0.25) is 0 Å². The van der Waals surface area contributed by atoms with Gasteiger partial charge in [0, 0.05) is 31.4 Å². The van der Waals surface area contributed by atoms with Crippen LogP contribution in [0.3, 0.4) is 0 Å². The van der Waals surface area contributed by atoms with Crippen LogP contribution in [-0.2, 0) is 9.59 Å². The molecule has 1 N–H and O–H groups in total. The molecule has 1 aliphatic rings. The number of anilines is 2. The van der Waals surface area contributed by atoms with Gasteiger partial charge in [0.1, 0.15) is 11.3 Å². The van der Waals surface area contributed by atoms with E-state index in [2.05, 4.69) is 5.43 Å². The number of rotatable bonds is 4. The second-order valence-electron chi connectivity index (χ2n) is 5.80. The Kier molecular flexibility index (Phi) is 4.43. The summed E-state index contributed by atoms with van der Waals surface area (Å²) in [6.45, 7) is 0. The summed E-state index contributed by atoms with van der Waals surface area (Å²) in [5, 5.41) is 1.24. The van der Waals surface area contributed by atoms with Crippen LogP contribution in [0.25, 0.3) is 6.08 Å². The molecule has 0 bridgehead atoms. The number of nitrogens with one attached hydrogen (secondary N) is 1. The highest BCUT2D eigenvalue weighted by Crippen LogP contribution is 2.28. The number of nitrogens with zero attached hydrogens (tertiary/aromatic N) is 2. The summed E-state index contributed by atoms with van der Waals surface area (Å²) in [5.41, 5.74) is 4.90. The Morgan fingerprint density at radius 1 is 1.08 bits per heavy atom. The van der Waals surface area contributed by atoms with Gasteiger partial charge in [-0.1, -0.05) is 18.2 Å². The van der Waals surface area contributed by atoms with E-state index in [-0.39, 0.29) is 5.57 Å². The van der Waals surface area contributed by atoms with E-state index in [1.54, 1.807) is 37.5 Å². The molecule has 2 amide bonds. The minimum atomic E-state index is -0.437. The topological polar surface area (TPSA) is 61.9 Å². The van der Waals surface area contributed by atoms with Gasteiger partial charge < -0.3 is 9.64 Å². The molecule has 0 aromatic heterocycles. The quantitative estimate of drug-likeness (QED) is 0.686.